The third-order valence-corrected chi connectivity index (χ3v) is 4.17. The van der Waals surface area contributed by atoms with Crippen molar-refractivity contribution in [3.05, 3.63) is 28.5 Å². The van der Waals surface area contributed by atoms with Crippen molar-refractivity contribution in [2.24, 2.45) is 5.92 Å². The van der Waals surface area contributed by atoms with Crippen LogP contribution in [0.1, 0.15) is 68.9 Å². The molecule has 0 saturated heterocycles. The number of carbonyl (C=O) groups is 1. The van der Waals surface area contributed by atoms with Crippen molar-refractivity contribution in [3.63, 3.8) is 0 Å². The zero-order chi connectivity index (χ0) is 15.5. The van der Waals surface area contributed by atoms with E-state index in [2.05, 4.69) is 4.98 Å². The van der Waals surface area contributed by atoms with Gasteiger partial charge >= 0.3 is 5.97 Å². The second-order valence-corrected chi connectivity index (χ2v) is 7.30. The van der Waals surface area contributed by atoms with Gasteiger partial charge in [0.05, 0.1) is 12.2 Å². The summed E-state index contributed by atoms with van der Waals surface area (Å²) in [6, 6.07) is 3.37. The first-order valence-corrected chi connectivity index (χ1v) is 8.09. The smallest absolute Gasteiger partial charge is 0.338 e. The van der Waals surface area contributed by atoms with Crippen LogP contribution in [0.5, 0.6) is 0 Å². The van der Waals surface area contributed by atoms with Crippen LogP contribution in [0, 0.1) is 5.92 Å². The Morgan fingerprint density at radius 3 is 2.57 bits per heavy atom. The first-order valence-electron chi connectivity index (χ1n) is 7.71. The van der Waals surface area contributed by atoms with E-state index in [1.165, 1.54) is 19.3 Å². The second-order valence-electron chi connectivity index (χ2n) is 6.92. The Bertz CT molecular complexity index is 502. The summed E-state index contributed by atoms with van der Waals surface area (Å²) in [5.74, 6) is 0.220. The molecule has 0 radical (unpaired) electrons. The van der Waals surface area contributed by atoms with Crippen LogP contribution in [-0.4, -0.2) is 17.6 Å². The fraction of sp³-hybridized carbons (Fsp3) is 0.647. The molecule has 0 unspecified atom stereocenters. The van der Waals surface area contributed by atoms with Crippen molar-refractivity contribution >= 4 is 17.6 Å². The molecule has 0 N–H and O–H groups in total. The van der Waals surface area contributed by atoms with Gasteiger partial charge in [0.15, 0.2) is 0 Å². The van der Waals surface area contributed by atoms with Crippen molar-refractivity contribution in [2.45, 2.75) is 58.3 Å². The van der Waals surface area contributed by atoms with E-state index in [0.29, 0.717) is 23.2 Å². The molecule has 4 heteroatoms. The number of hydrogen-bond acceptors (Lipinski definition) is 3. The Kier molecular flexibility index (Phi) is 5.26. The zero-order valence-electron chi connectivity index (χ0n) is 13.1. The van der Waals surface area contributed by atoms with Crippen LogP contribution in [0.3, 0.4) is 0 Å². The lowest BCUT2D eigenvalue weighted by Crippen LogP contribution is -2.18. The number of ether oxygens (including phenoxy) is 1. The zero-order valence-corrected chi connectivity index (χ0v) is 13.9. The summed E-state index contributed by atoms with van der Waals surface area (Å²) >= 11 is 6.03. The van der Waals surface area contributed by atoms with E-state index < -0.39 is 0 Å². The summed E-state index contributed by atoms with van der Waals surface area (Å²) in [5, 5.41) is 0.340. The van der Waals surface area contributed by atoms with E-state index >= 15 is 0 Å². The predicted octanol–water partition coefficient (Wildman–Crippen LogP) is 4.77. The molecular weight excluding hydrogens is 286 g/mol. The maximum atomic E-state index is 12.2. The van der Waals surface area contributed by atoms with Crippen molar-refractivity contribution in [2.75, 3.05) is 6.61 Å². The number of hydrogen-bond donors (Lipinski definition) is 0. The van der Waals surface area contributed by atoms with Gasteiger partial charge in [0.1, 0.15) is 5.15 Å². The fourth-order valence-electron chi connectivity index (χ4n) is 2.63. The van der Waals surface area contributed by atoms with Crippen molar-refractivity contribution < 1.29 is 9.53 Å². The summed E-state index contributed by atoms with van der Waals surface area (Å²) in [6.07, 6.45) is 6.13. The van der Waals surface area contributed by atoms with Crippen molar-refractivity contribution in [3.8, 4) is 0 Å². The summed E-state index contributed by atoms with van der Waals surface area (Å²) in [6.45, 7) is 6.65. The summed E-state index contributed by atoms with van der Waals surface area (Å²) < 4.78 is 5.46. The third-order valence-electron chi connectivity index (χ3n) is 3.97. The molecule has 21 heavy (non-hydrogen) atoms. The Morgan fingerprint density at radius 1 is 1.29 bits per heavy atom. The van der Waals surface area contributed by atoms with Gasteiger partial charge < -0.3 is 4.74 Å². The van der Waals surface area contributed by atoms with E-state index in [1.807, 2.05) is 20.8 Å². The molecule has 1 aliphatic rings. The van der Waals surface area contributed by atoms with Gasteiger partial charge in [-0.1, -0.05) is 51.6 Å². The SMILES string of the molecule is CC(C)(C)c1cc(C(=O)OCC2CCCCC2)cc(Cl)n1. The van der Waals surface area contributed by atoms with Gasteiger partial charge in [0.2, 0.25) is 0 Å². The van der Waals surface area contributed by atoms with Crippen LogP contribution in [-0.2, 0) is 10.2 Å². The number of aromatic nitrogens is 1. The van der Waals surface area contributed by atoms with Crippen LogP contribution < -0.4 is 0 Å². The lowest BCUT2D eigenvalue weighted by Gasteiger charge is -2.21. The van der Waals surface area contributed by atoms with Crippen LogP contribution in [0.2, 0.25) is 5.15 Å². The van der Waals surface area contributed by atoms with Crippen LogP contribution in [0.4, 0.5) is 0 Å². The summed E-state index contributed by atoms with van der Waals surface area (Å²) in [7, 11) is 0. The highest BCUT2D eigenvalue weighted by Gasteiger charge is 2.21. The molecule has 116 valence electrons. The normalized spacial score (nSPS) is 16.8. The monoisotopic (exact) mass is 309 g/mol. The molecule has 0 amide bonds. The van der Waals surface area contributed by atoms with Gasteiger partial charge in [0, 0.05) is 11.1 Å². The quantitative estimate of drug-likeness (QED) is 0.596. The molecule has 1 aromatic heterocycles. The molecule has 1 saturated carbocycles. The van der Waals surface area contributed by atoms with E-state index in [0.717, 1.165) is 18.5 Å². The average molecular weight is 310 g/mol. The average Bonchev–Trinajstić information content (AvgIpc) is 2.44. The van der Waals surface area contributed by atoms with E-state index in [4.69, 9.17) is 16.3 Å². The summed E-state index contributed by atoms with van der Waals surface area (Å²) in [4.78, 5) is 16.5. The second kappa shape index (κ2) is 6.78. The molecule has 1 heterocycles. The van der Waals surface area contributed by atoms with Crippen LogP contribution in [0.25, 0.3) is 0 Å². The fourth-order valence-corrected chi connectivity index (χ4v) is 2.84. The largest absolute Gasteiger partial charge is 0.462 e. The molecule has 0 aliphatic heterocycles. The van der Waals surface area contributed by atoms with Gasteiger partial charge in [-0.25, -0.2) is 9.78 Å². The molecule has 0 aromatic carbocycles. The number of nitrogens with zero attached hydrogens (tertiary/aromatic N) is 1. The molecule has 1 fully saturated rings. The van der Waals surface area contributed by atoms with Crippen LogP contribution in [0.15, 0.2) is 12.1 Å². The molecule has 0 bridgehead atoms. The number of pyridine rings is 1. The first-order chi connectivity index (χ1) is 9.86. The predicted molar refractivity (Wildman–Crippen MR) is 84.8 cm³/mol. The molecule has 0 atom stereocenters. The molecule has 1 aromatic rings. The molecule has 2 rings (SSSR count). The van der Waals surface area contributed by atoms with Gasteiger partial charge in [-0.3, -0.25) is 0 Å². The maximum absolute atomic E-state index is 12.2. The first kappa shape index (κ1) is 16.3. The molecule has 1 aliphatic carbocycles. The lowest BCUT2D eigenvalue weighted by atomic mass is 9.90. The van der Waals surface area contributed by atoms with E-state index in [9.17, 15) is 4.79 Å². The molecular formula is C17H24ClNO2. The standard InChI is InChI=1S/C17H24ClNO2/c1-17(2,3)14-9-13(10-15(18)19-14)16(20)21-11-12-7-5-4-6-8-12/h9-10,12H,4-8,11H2,1-3H3. The minimum Gasteiger partial charge on any atom is -0.462 e. The lowest BCUT2D eigenvalue weighted by molar-refractivity contribution is 0.0410. The van der Waals surface area contributed by atoms with E-state index in [1.54, 1.807) is 12.1 Å². The Balaban J connectivity index is 2.03. The van der Waals surface area contributed by atoms with Gasteiger partial charge in [0.25, 0.3) is 0 Å². The van der Waals surface area contributed by atoms with Gasteiger partial charge in [-0.05, 0) is 30.9 Å². The topological polar surface area (TPSA) is 39.2 Å². The highest BCUT2D eigenvalue weighted by atomic mass is 35.5. The van der Waals surface area contributed by atoms with Crippen molar-refractivity contribution in [1.82, 2.24) is 4.98 Å². The number of esters is 1. The number of carbonyl (C=O) groups excluding carboxylic acids is 1. The third kappa shape index (κ3) is 4.70. The Labute approximate surface area is 132 Å². The molecule has 0 spiro atoms. The maximum Gasteiger partial charge on any atom is 0.338 e. The molecule has 3 nitrogen and oxygen atoms in total. The Morgan fingerprint density at radius 2 is 1.95 bits per heavy atom. The number of halogens is 1. The van der Waals surface area contributed by atoms with Crippen molar-refractivity contribution in [1.29, 1.82) is 0 Å². The van der Waals surface area contributed by atoms with Crippen LogP contribution >= 0.6 is 11.6 Å². The minimum absolute atomic E-state index is 0.150. The van der Waals surface area contributed by atoms with Gasteiger partial charge in [-0.2, -0.15) is 0 Å². The van der Waals surface area contributed by atoms with E-state index in [-0.39, 0.29) is 11.4 Å². The minimum atomic E-state index is -0.296. The summed E-state index contributed by atoms with van der Waals surface area (Å²) in [5.41, 5.74) is 1.15. The number of rotatable bonds is 3. The van der Waals surface area contributed by atoms with Gasteiger partial charge in [-0.15, -0.1) is 0 Å². The highest BCUT2D eigenvalue weighted by molar-refractivity contribution is 6.29. The Hall–Kier alpha value is -1.09. The highest BCUT2D eigenvalue weighted by Crippen LogP contribution is 2.26.